The Morgan fingerprint density at radius 2 is 1.88 bits per heavy atom. The molecule has 1 N–H and O–H groups in total. The van der Waals surface area contributed by atoms with E-state index in [9.17, 15) is 13.7 Å². The summed E-state index contributed by atoms with van der Waals surface area (Å²) in [6.07, 6.45) is 2.78. The highest BCUT2D eigenvalue weighted by atomic mass is 32.2. The van der Waals surface area contributed by atoms with Crippen LogP contribution in [0.15, 0.2) is 29.2 Å². The first kappa shape index (κ1) is 18.9. The van der Waals surface area contributed by atoms with E-state index in [4.69, 9.17) is 0 Å². The van der Waals surface area contributed by atoms with Crippen molar-refractivity contribution in [2.75, 3.05) is 4.72 Å². The summed E-state index contributed by atoms with van der Waals surface area (Å²) < 4.78 is 28.1. The lowest BCUT2D eigenvalue weighted by molar-refractivity contribution is 0.218. The average Bonchev–Trinajstić information content (AvgIpc) is 2.89. The van der Waals surface area contributed by atoms with Crippen LogP contribution in [-0.2, 0) is 22.9 Å². The van der Waals surface area contributed by atoms with E-state index in [-0.39, 0.29) is 10.3 Å². The second-order valence-corrected chi connectivity index (χ2v) is 10.8. The van der Waals surface area contributed by atoms with Crippen molar-refractivity contribution in [3.63, 3.8) is 0 Å². The highest BCUT2D eigenvalue weighted by Crippen LogP contribution is 2.44. The number of thiophene rings is 1. The predicted molar refractivity (Wildman–Crippen MR) is 106 cm³/mol. The zero-order chi connectivity index (χ0) is 19.1. The fourth-order valence-electron chi connectivity index (χ4n) is 3.41. The monoisotopic (exact) mass is 388 g/mol. The maximum absolute atomic E-state index is 12.7. The molecule has 0 spiro atoms. The molecule has 6 heteroatoms. The molecule has 2 aromatic rings. The molecule has 0 aliphatic heterocycles. The second-order valence-electron chi connectivity index (χ2n) is 8.04. The molecule has 0 bridgehead atoms. The predicted octanol–water partition coefficient (Wildman–Crippen LogP) is 4.88. The third kappa shape index (κ3) is 3.65. The van der Waals surface area contributed by atoms with Crippen molar-refractivity contribution in [1.29, 1.82) is 5.26 Å². The number of nitrogens with zero attached hydrogens (tertiary/aromatic N) is 1. The summed E-state index contributed by atoms with van der Waals surface area (Å²) in [5.74, 6) is 0.543. The lowest BCUT2D eigenvalue weighted by Gasteiger charge is -2.33. The Balaban J connectivity index is 1.94. The van der Waals surface area contributed by atoms with Crippen LogP contribution in [0.25, 0.3) is 0 Å². The standard InChI is InChI=1S/C20H24N2O2S2/c1-13-5-8-15(9-6-13)26(23,24)22-19-17(12-21)16-10-7-14(20(2,3)4)11-18(16)25-19/h5-6,8-9,14,22H,7,10-11H2,1-4H3/t14-/m1/s1. The average molecular weight is 389 g/mol. The molecule has 1 aliphatic carbocycles. The van der Waals surface area contributed by atoms with E-state index in [0.717, 1.165) is 35.3 Å². The smallest absolute Gasteiger partial charge is 0.262 e. The number of aryl methyl sites for hydroxylation is 1. The number of hydrogen-bond acceptors (Lipinski definition) is 4. The second kappa shape index (κ2) is 6.71. The first-order valence-corrected chi connectivity index (χ1v) is 11.1. The van der Waals surface area contributed by atoms with Gasteiger partial charge in [-0.15, -0.1) is 11.3 Å². The minimum atomic E-state index is -3.69. The van der Waals surface area contributed by atoms with E-state index in [0.29, 0.717) is 16.5 Å². The maximum Gasteiger partial charge on any atom is 0.262 e. The quantitative estimate of drug-likeness (QED) is 0.814. The van der Waals surface area contributed by atoms with Crippen LogP contribution < -0.4 is 4.72 Å². The van der Waals surface area contributed by atoms with Crippen LogP contribution in [0.3, 0.4) is 0 Å². The van der Waals surface area contributed by atoms with Crippen LogP contribution in [0, 0.1) is 29.6 Å². The van der Waals surface area contributed by atoms with E-state index in [2.05, 4.69) is 31.6 Å². The summed E-state index contributed by atoms with van der Waals surface area (Å²) in [7, 11) is -3.69. The normalized spacial score (nSPS) is 17.4. The third-order valence-corrected chi connectivity index (χ3v) is 7.82. The number of anilines is 1. The zero-order valence-corrected chi connectivity index (χ0v) is 17.2. The minimum Gasteiger partial charge on any atom is -0.269 e. The highest BCUT2D eigenvalue weighted by Gasteiger charge is 2.32. The molecule has 26 heavy (non-hydrogen) atoms. The van der Waals surface area contributed by atoms with Crippen LogP contribution in [-0.4, -0.2) is 8.42 Å². The van der Waals surface area contributed by atoms with E-state index in [1.54, 1.807) is 24.3 Å². The molecule has 1 atom stereocenters. The molecule has 0 radical (unpaired) electrons. The van der Waals surface area contributed by atoms with Gasteiger partial charge >= 0.3 is 0 Å². The molecule has 0 fully saturated rings. The van der Waals surface area contributed by atoms with Crippen LogP contribution in [0.1, 0.15) is 48.8 Å². The van der Waals surface area contributed by atoms with Gasteiger partial charge in [0.05, 0.1) is 10.5 Å². The zero-order valence-electron chi connectivity index (χ0n) is 15.6. The van der Waals surface area contributed by atoms with Gasteiger partial charge in [-0.25, -0.2) is 8.42 Å². The molecule has 1 aliphatic rings. The van der Waals surface area contributed by atoms with E-state index in [1.165, 1.54) is 11.3 Å². The summed E-state index contributed by atoms with van der Waals surface area (Å²) in [6, 6.07) is 8.95. The molecule has 138 valence electrons. The van der Waals surface area contributed by atoms with E-state index >= 15 is 0 Å². The van der Waals surface area contributed by atoms with Gasteiger partial charge in [-0.1, -0.05) is 38.5 Å². The Morgan fingerprint density at radius 3 is 2.46 bits per heavy atom. The number of hydrogen-bond donors (Lipinski definition) is 1. The topological polar surface area (TPSA) is 70.0 Å². The molecule has 0 saturated heterocycles. The van der Waals surface area contributed by atoms with Gasteiger partial charge in [-0.05, 0) is 55.2 Å². The minimum absolute atomic E-state index is 0.204. The van der Waals surface area contributed by atoms with Gasteiger partial charge in [0.25, 0.3) is 10.0 Å². The van der Waals surface area contributed by atoms with Crippen molar-refractivity contribution >= 4 is 26.4 Å². The molecule has 1 aromatic heterocycles. The number of nitriles is 1. The first-order valence-electron chi connectivity index (χ1n) is 8.76. The van der Waals surface area contributed by atoms with Gasteiger partial charge < -0.3 is 0 Å². The molecule has 1 aromatic carbocycles. The van der Waals surface area contributed by atoms with Crippen LogP contribution in [0.5, 0.6) is 0 Å². The lowest BCUT2D eigenvalue weighted by atomic mass is 9.72. The molecule has 0 amide bonds. The molecule has 0 saturated carbocycles. The summed E-state index contributed by atoms with van der Waals surface area (Å²) in [5, 5.41) is 10.1. The van der Waals surface area contributed by atoms with Gasteiger partial charge in [0.1, 0.15) is 11.1 Å². The molecule has 0 unspecified atom stereocenters. The Kier molecular flexibility index (Phi) is 4.89. The Hall–Kier alpha value is -1.84. The largest absolute Gasteiger partial charge is 0.269 e. The van der Waals surface area contributed by atoms with Gasteiger partial charge in [-0.2, -0.15) is 5.26 Å². The van der Waals surface area contributed by atoms with E-state index in [1.807, 2.05) is 6.92 Å². The Morgan fingerprint density at radius 1 is 1.23 bits per heavy atom. The van der Waals surface area contributed by atoms with Crippen molar-refractivity contribution in [3.8, 4) is 6.07 Å². The molecule has 1 heterocycles. The summed E-state index contributed by atoms with van der Waals surface area (Å²) >= 11 is 1.42. The van der Waals surface area contributed by atoms with Gasteiger partial charge in [0.15, 0.2) is 0 Å². The van der Waals surface area contributed by atoms with Crippen molar-refractivity contribution in [2.24, 2.45) is 11.3 Å². The summed E-state index contributed by atoms with van der Waals surface area (Å²) in [4.78, 5) is 1.36. The fourth-order valence-corrected chi connectivity index (χ4v) is 6.00. The number of rotatable bonds is 3. The van der Waals surface area contributed by atoms with Gasteiger partial charge in [0, 0.05) is 4.88 Å². The number of nitrogens with one attached hydrogen (secondary N) is 1. The van der Waals surface area contributed by atoms with Crippen LogP contribution >= 0.6 is 11.3 Å². The third-order valence-electron chi connectivity index (χ3n) is 5.16. The SMILES string of the molecule is Cc1ccc(S(=O)(=O)Nc2sc3c(c2C#N)CC[C@@H](C(C)(C)C)C3)cc1. The van der Waals surface area contributed by atoms with Gasteiger partial charge in [0.2, 0.25) is 0 Å². The number of fused-ring (bicyclic) bond motifs is 1. The van der Waals surface area contributed by atoms with Crippen molar-refractivity contribution in [3.05, 3.63) is 45.8 Å². The molecule has 3 rings (SSSR count). The van der Waals surface area contributed by atoms with E-state index < -0.39 is 10.0 Å². The summed E-state index contributed by atoms with van der Waals surface area (Å²) in [5.41, 5.74) is 2.73. The maximum atomic E-state index is 12.7. The first-order chi connectivity index (χ1) is 12.1. The fraction of sp³-hybridized carbons (Fsp3) is 0.450. The van der Waals surface area contributed by atoms with Gasteiger partial charge in [-0.3, -0.25) is 4.72 Å². The number of sulfonamides is 1. The number of benzene rings is 1. The highest BCUT2D eigenvalue weighted by molar-refractivity contribution is 7.93. The van der Waals surface area contributed by atoms with Crippen LogP contribution in [0.2, 0.25) is 0 Å². The van der Waals surface area contributed by atoms with Crippen LogP contribution in [0.4, 0.5) is 5.00 Å². The van der Waals surface area contributed by atoms with Crippen molar-refractivity contribution < 1.29 is 8.42 Å². The van der Waals surface area contributed by atoms with Crippen molar-refractivity contribution in [1.82, 2.24) is 0 Å². The Labute approximate surface area is 159 Å². The summed E-state index contributed by atoms with van der Waals surface area (Å²) in [6.45, 7) is 8.63. The lowest BCUT2D eigenvalue weighted by Crippen LogP contribution is -2.26. The Bertz CT molecular complexity index is 959. The molecule has 4 nitrogen and oxygen atoms in total. The molecular weight excluding hydrogens is 364 g/mol. The van der Waals surface area contributed by atoms with Crippen molar-refractivity contribution in [2.45, 2.75) is 51.9 Å². The molecular formula is C20H24N2O2S2.